The van der Waals surface area contributed by atoms with E-state index < -0.39 is 56.0 Å². The van der Waals surface area contributed by atoms with Gasteiger partial charge in [-0.2, -0.15) is 0 Å². The van der Waals surface area contributed by atoms with Crippen LogP contribution in [-0.2, 0) is 4.74 Å². The molecule has 2 rings (SSSR count). The first-order chi connectivity index (χ1) is 12.9. The highest BCUT2D eigenvalue weighted by atomic mass is 35.5. The molecule has 0 aliphatic rings. The largest absolute Gasteiger partial charge is 0.443 e. The maximum atomic E-state index is 14.1. The van der Waals surface area contributed by atoms with E-state index in [0.717, 1.165) is 6.07 Å². The highest BCUT2D eigenvalue weighted by Crippen LogP contribution is 2.38. The van der Waals surface area contributed by atoms with E-state index in [9.17, 15) is 28.5 Å². The highest BCUT2D eigenvalue weighted by molar-refractivity contribution is 6.31. The van der Waals surface area contributed by atoms with Gasteiger partial charge in [0.15, 0.2) is 12.1 Å². The van der Waals surface area contributed by atoms with Crippen LogP contribution in [-0.4, -0.2) is 27.9 Å². The Balaban J connectivity index is 2.81. The van der Waals surface area contributed by atoms with E-state index in [1.807, 2.05) is 0 Å². The van der Waals surface area contributed by atoms with E-state index >= 15 is 0 Å². The fraction of sp³-hybridized carbons (Fsp3) is 0.235. The number of hydrogen-bond donors (Lipinski definition) is 0. The lowest BCUT2D eigenvalue weighted by Crippen LogP contribution is -2.35. The molecule has 0 spiro atoms. The smallest absolute Gasteiger partial charge is 0.420 e. The standard InChI is InChI=1S/C17H14ClF2N3O5/c1-17(2,3)28-16(25)22(15-9(8-24)4-10(19)7-21-15)13-6-12(20)11(18)5-14(13)23(26)27/h4-8H,1-3H3. The summed E-state index contributed by atoms with van der Waals surface area (Å²) in [4.78, 5) is 38.8. The van der Waals surface area contributed by atoms with Crippen molar-refractivity contribution in [3.8, 4) is 0 Å². The van der Waals surface area contributed by atoms with Crippen LogP contribution in [0.2, 0.25) is 5.02 Å². The van der Waals surface area contributed by atoms with Gasteiger partial charge < -0.3 is 4.74 Å². The van der Waals surface area contributed by atoms with Gasteiger partial charge in [0.25, 0.3) is 5.69 Å². The van der Waals surface area contributed by atoms with Crippen molar-refractivity contribution in [2.45, 2.75) is 26.4 Å². The fourth-order valence-corrected chi connectivity index (χ4v) is 2.34. The van der Waals surface area contributed by atoms with Gasteiger partial charge in [-0.05, 0) is 26.8 Å². The lowest BCUT2D eigenvalue weighted by atomic mass is 10.2. The minimum atomic E-state index is -1.19. The zero-order valence-electron chi connectivity index (χ0n) is 14.9. The number of carbonyl (C=O) groups is 2. The molecule has 1 aromatic heterocycles. The molecule has 11 heteroatoms. The number of aromatic nitrogens is 1. The van der Waals surface area contributed by atoms with Gasteiger partial charge in [-0.15, -0.1) is 0 Å². The second-order valence-corrected chi connectivity index (χ2v) is 6.92. The normalized spacial score (nSPS) is 11.1. The molecule has 0 saturated carbocycles. The number of hydrogen-bond acceptors (Lipinski definition) is 6. The Morgan fingerprint density at radius 3 is 2.50 bits per heavy atom. The van der Waals surface area contributed by atoms with Crippen molar-refractivity contribution in [3.63, 3.8) is 0 Å². The molecule has 2 aromatic rings. The number of ether oxygens (including phenoxy) is 1. The van der Waals surface area contributed by atoms with Crippen LogP contribution in [0.4, 0.5) is 30.8 Å². The summed E-state index contributed by atoms with van der Waals surface area (Å²) in [5.74, 6) is -2.42. The number of pyridine rings is 1. The monoisotopic (exact) mass is 413 g/mol. The highest BCUT2D eigenvalue weighted by Gasteiger charge is 2.33. The number of carbonyl (C=O) groups excluding carboxylic acids is 2. The summed E-state index contributed by atoms with van der Waals surface area (Å²) in [6, 6.07) is 2.10. The zero-order valence-corrected chi connectivity index (χ0v) is 15.7. The van der Waals surface area contributed by atoms with Crippen molar-refractivity contribution in [1.82, 2.24) is 4.98 Å². The number of nitro benzene ring substituents is 1. The van der Waals surface area contributed by atoms with Crippen LogP contribution in [0.1, 0.15) is 31.1 Å². The maximum absolute atomic E-state index is 14.1. The molecule has 0 bridgehead atoms. The molecule has 1 heterocycles. The molecule has 28 heavy (non-hydrogen) atoms. The Kier molecular flexibility index (Phi) is 5.93. The van der Waals surface area contributed by atoms with Gasteiger partial charge in [0.1, 0.15) is 22.9 Å². The molecule has 1 aromatic carbocycles. The summed E-state index contributed by atoms with van der Waals surface area (Å²) in [6.45, 7) is 4.58. The minimum absolute atomic E-state index is 0.195. The van der Waals surface area contributed by atoms with Gasteiger partial charge >= 0.3 is 6.09 Å². The number of rotatable bonds is 4. The molecule has 0 aliphatic heterocycles. The van der Waals surface area contributed by atoms with Crippen molar-refractivity contribution >= 4 is 41.2 Å². The number of amides is 1. The number of aldehydes is 1. The first-order valence-electron chi connectivity index (χ1n) is 7.72. The molecular weight excluding hydrogens is 400 g/mol. The number of halogens is 3. The Morgan fingerprint density at radius 2 is 1.96 bits per heavy atom. The number of benzene rings is 1. The first-order valence-corrected chi connectivity index (χ1v) is 8.09. The SMILES string of the molecule is CC(C)(C)OC(=O)N(c1cc(F)c(Cl)cc1[N+](=O)[O-])c1ncc(F)cc1C=O. The minimum Gasteiger partial charge on any atom is -0.443 e. The molecular formula is C17H14ClF2N3O5. The number of anilines is 2. The van der Waals surface area contributed by atoms with Crippen LogP contribution in [0.15, 0.2) is 24.4 Å². The molecule has 0 unspecified atom stereocenters. The van der Waals surface area contributed by atoms with Gasteiger partial charge in [-0.1, -0.05) is 11.6 Å². The Labute approximate surface area is 162 Å². The summed E-state index contributed by atoms with van der Waals surface area (Å²) < 4.78 is 32.7. The molecule has 8 nitrogen and oxygen atoms in total. The molecule has 148 valence electrons. The summed E-state index contributed by atoms with van der Waals surface area (Å²) >= 11 is 5.61. The molecule has 0 radical (unpaired) electrons. The third-order valence-electron chi connectivity index (χ3n) is 3.23. The Morgan fingerprint density at radius 1 is 1.32 bits per heavy atom. The quantitative estimate of drug-likeness (QED) is 0.405. The topological polar surface area (TPSA) is 103 Å². The molecule has 0 fully saturated rings. The van der Waals surface area contributed by atoms with Crippen LogP contribution in [0.3, 0.4) is 0 Å². The van der Waals surface area contributed by atoms with E-state index in [1.54, 1.807) is 0 Å². The van der Waals surface area contributed by atoms with Gasteiger partial charge in [0.2, 0.25) is 0 Å². The van der Waals surface area contributed by atoms with E-state index in [-0.39, 0.29) is 6.29 Å². The van der Waals surface area contributed by atoms with Crippen LogP contribution < -0.4 is 4.90 Å². The van der Waals surface area contributed by atoms with Crippen LogP contribution >= 0.6 is 11.6 Å². The fourth-order valence-electron chi connectivity index (χ4n) is 2.18. The van der Waals surface area contributed by atoms with Crippen molar-refractivity contribution in [3.05, 3.63) is 56.7 Å². The van der Waals surface area contributed by atoms with Gasteiger partial charge in [0, 0.05) is 12.1 Å². The van der Waals surface area contributed by atoms with Crippen molar-refractivity contribution in [2.24, 2.45) is 0 Å². The van der Waals surface area contributed by atoms with Gasteiger partial charge in [-0.3, -0.25) is 14.9 Å². The summed E-state index contributed by atoms with van der Waals surface area (Å²) in [7, 11) is 0. The van der Waals surface area contributed by atoms with Crippen LogP contribution in [0.5, 0.6) is 0 Å². The predicted octanol–water partition coefficient (Wildman–Crippen LogP) is 4.81. The van der Waals surface area contributed by atoms with Crippen molar-refractivity contribution in [2.75, 3.05) is 4.90 Å². The van der Waals surface area contributed by atoms with Crippen LogP contribution in [0, 0.1) is 21.7 Å². The third kappa shape index (κ3) is 4.58. The lowest BCUT2D eigenvalue weighted by molar-refractivity contribution is -0.384. The maximum Gasteiger partial charge on any atom is 0.420 e. The average molecular weight is 414 g/mol. The van der Waals surface area contributed by atoms with Gasteiger partial charge in [-0.25, -0.2) is 23.5 Å². The predicted molar refractivity (Wildman–Crippen MR) is 96.0 cm³/mol. The van der Waals surface area contributed by atoms with E-state index in [1.165, 1.54) is 20.8 Å². The van der Waals surface area contributed by atoms with Crippen molar-refractivity contribution in [1.29, 1.82) is 0 Å². The summed E-state index contributed by atoms with van der Waals surface area (Å²) in [5, 5.41) is 10.9. The Hall–Kier alpha value is -3.14. The van der Waals surface area contributed by atoms with E-state index in [4.69, 9.17) is 16.3 Å². The van der Waals surface area contributed by atoms with Gasteiger partial charge in [0.05, 0.1) is 21.7 Å². The zero-order chi connectivity index (χ0) is 21.2. The molecule has 1 amide bonds. The third-order valence-corrected chi connectivity index (χ3v) is 3.52. The average Bonchev–Trinajstić information content (AvgIpc) is 2.57. The molecule has 0 aliphatic carbocycles. The lowest BCUT2D eigenvalue weighted by Gasteiger charge is -2.27. The molecule has 0 saturated heterocycles. The summed E-state index contributed by atoms with van der Waals surface area (Å²) in [5.41, 5.74) is -2.80. The van der Waals surface area contributed by atoms with Crippen molar-refractivity contribution < 1.29 is 28.0 Å². The van der Waals surface area contributed by atoms with E-state index in [0.29, 0.717) is 23.2 Å². The number of nitro groups is 1. The molecule has 0 N–H and O–H groups in total. The second-order valence-electron chi connectivity index (χ2n) is 6.51. The van der Waals surface area contributed by atoms with E-state index in [2.05, 4.69) is 4.98 Å². The molecule has 0 atom stereocenters. The van der Waals surface area contributed by atoms with Crippen LogP contribution in [0.25, 0.3) is 0 Å². The number of nitrogens with zero attached hydrogens (tertiary/aromatic N) is 3. The second kappa shape index (κ2) is 7.85. The first kappa shape index (κ1) is 21.2. The Bertz CT molecular complexity index is 963. The summed E-state index contributed by atoms with van der Waals surface area (Å²) in [6.07, 6.45) is -0.307.